The average molecular weight is 248 g/mol. The van der Waals surface area contributed by atoms with Gasteiger partial charge in [-0.05, 0) is 24.6 Å². The van der Waals surface area contributed by atoms with Crippen LogP contribution in [0.5, 0.6) is 0 Å². The quantitative estimate of drug-likeness (QED) is 0.839. The number of halogens is 2. The van der Waals surface area contributed by atoms with E-state index >= 15 is 0 Å². The largest absolute Gasteiger partial charge is 0.387 e. The molecule has 1 aromatic rings. The van der Waals surface area contributed by atoms with Crippen LogP contribution in [0, 0.1) is 12.7 Å². The number of aliphatic hydroxyl groups is 1. The van der Waals surface area contributed by atoms with Gasteiger partial charge in [-0.2, -0.15) is 0 Å². The van der Waals surface area contributed by atoms with Crippen LogP contribution in [-0.2, 0) is 0 Å². The van der Waals surface area contributed by atoms with E-state index in [-0.39, 0.29) is 12.1 Å². The van der Waals surface area contributed by atoms with Crippen LogP contribution in [0.4, 0.5) is 4.39 Å². The van der Waals surface area contributed by atoms with Gasteiger partial charge in [-0.1, -0.05) is 15.9 Å². The molecule has 13 heavy (non-hydrogen) atoms. The summed E-state index contributed by atoms with van der Waals surface area (Å²) < 4.78 is 14.0. The predicted molar refractivity (Wildman–Crippen MR) is 52.9 cm³/mol. The Morgan fingerprint density at radius 1 is 1.62 bits per heavy atom. The number of nitrogens with two attached hydrogens (primary N) is 1. The van der Waals surface area contributed by atoms with Crippen LogP contribution >= 0.6 is 15.9 Å². The molecule has 1 unspecified atom stereocenters. The molecular weight excluding hydrogens is 237 g/mol. The van der Waals surface area contributed by atoms with Gasteiger partial charge in [0.25, 0.3) is 0 Å². The second-order valence-electron chi connectivity index (χ2n) is 2.87. The van der Waals surface area contributed by atoms with Gasteiger partial charge in [0.1, 0.15) is 5.82 Å². The maximum Gasteiger partial charge on any atom is 0.129 e. The fourth-order valence-electron chi connectivity index (χ4n) is 1.04. The van der Waals surface area contributed by atoms with Crippen molar-refractivity contribution in [1.82, 2.24) is 0 Å². The Labute approximate surface area is 84.7 Å². The average Bonchev–Trinajstić information content (AvgIpc) is 2.10. The number of benzene rings is 1. The molecule has 0 aliphatic heterocycles. The fraction of sp³-hybridized carbons (Fsp3) is 0.333. The zero-order valence-electron chi connectivity index (χ0n) is 7.22. The summed E-state index contributed by atoms with van der Waals surface area (Å²) in [7, 11) is 0. The van der Waals surface area contributed by atoms with Crippen LogP contribution in [-0.4, -0.2) is 11.7 Å². The lowest BCUT2D eigenvalue weighted by atomic mass is 10.1. The van der Waals surface area contributed by atoms with Crippen LogP contribution in [0.1, 0.15) is 17.2 Å². The first-order valence-corrected chi connectivity index (χ1v) is 4.69. The number of aryl methyl sites for hydroxylation is 1. The molecule has 0 bridgehead atoms. The third kappa shape index (κ3) is 2.27. The molecule has 0 aromatic heterocycles. The van der Waals surface area contributed by atoms with Gasteiger partial charge < -0.3 is 10.8 Å². The van der Waals surface area contributed by atoms with Crippen molar-refractivity contribution in [2.45, 2.75) is 13.0 Å². The minimum absolute atomic E-state index is 0.0203. The van der Waals surface area contributed by atoms with Gasteiger partial charge in [-0.3, -0.25) is 0 Å². The van der Waals surface area contributed by atoms with E-state index in [1.807, 2.05) is 0 Å². The van der Waals surface area contributed by atoms with Crippen LogP contribution in [0.25, 0.3) is 0 Å². The van der Waals surface area contributed by atoms with Gasteiger partial charge in [-0.15, -0.1) is 0 Å². The predicted octanol–water partition coefficient (Wildman–Crippen LogP) is 1.89. The fourth-order valence-corrected chi connectivity index (χ4v) is 1.41. The lowest BCUT2D eigenvalue weighted by molar-refractivity contribution is 0.181. The first-order chi connectivity index (χ1) is 6.06. The molecule has 2 nitrogen and oxygen atoms in total. The first kappa shape index (κ1) is 10.6. The van der Waals surface area contributed by atoms with Gasteiger partial charge in [0, 0.05) is 16.6 Å². The zero-order chi connectivity index (χ0) is 10.0. The Hall–Kier alpha value is -0.450. The summed E-state index contributed by atoms with van der Waals surface area (Å²) in [6.45, 7) is 1.80. The number of rotatable bonds is 2. The topological polar surface area (TPSA) is 46.2 Å². The Morgan fingerprint density at radius 3 is 2.77 bits per heavy atom. The van der Waals surface area contributed by atoms with Crippen molar-refractivity contribution in [1.29, 1.82) is 0 Å². The molecule has 72 valence electrons. The Morgan fingerprint density at radius 2 is 2.23 bits per heavy atom. The number of aliphatic hydroxyl groups excluding tert-OH is 1. The molecule has 1 rings (SSSR count). The van der Waals surface area contributed by atoms with E-state index in [0.29, 0.717) is 0 Å². The van der Waals surface area contributed by atoms with E-state index in [0.717, 1.165) is 10.0 Å². The summed E-state index contributed by atoms with van der Waals surface area (Å²) in [5, 5.41) is 9.34. The minimum atomic E-state index is -0.933. The molecule has 0 radical (unpaired) electrons. The molecule has 0 spiro atoms. The summed E-state index contributed by atoms with van der Waals surface area (Å²) in [5.41, 5.74) is 6.26. The molecule has 0 fully saturated rings. The highest BCUT2D eigenvalue weighted by Crippen LogP contribution is 2.24. The molecule has 1 aromatic carbocycles. The molecule has 0 aliphatic carbocycles. The molecule has 0 aliphatic rings. The Kier molecular flexibility index (Phi) is 3.41. The summed E-state index contributed by atoms with van der Waals surface area (Å²) >= 11 is 3.26. The molecule has 1 atom stereocenters. The third-order valence-corrected chi connectivity index (χ3v) is 2.71. The lowest BCUT2D eigenvalue weighted by Gasteiger charge is -2.10. The monoisotopic (exact) mass is 247 g/mol. The zero-order valence-corrected chi connectivity index (χ0v) is 8.81. The summed E-state index contributed by atoms with van der Waals surface area (Å²) in [6, 6.07) is 2.93. The highest BCUT2D eigenvalue weighted by Gasteiger charge is 2.12. The van der Waals surface area contributed by atoms with Gasteiger partial charge in [-0.25, -0.2) is 4.39 Å². The maximum absolute atomic E-state index is 13.2. The van der Waals surface area contributed by atoms with E-state index < -0.39 is 11.9 Å². The van der Waals surface area contributed by atoms with E-state index in [4.69, 9.17) is 5.73 Å². The van der Waals surface area contributed by atoms with E-state index in [9.17, 15) is 9.50 Å². The molecule has 3 N–H and O–H groups in total. The van der Waals surface area contributed by atoms with Crippen LogP contribution < -0.4 is 5.73 Å². The van der Waals surface area contributed by atoms with E-state index in [1.165, 1.54) is 6.07 Å². The van der Waals surface area contributed by atoms with Gasteiger partial charge >= 0.3 is 0 Å². The van der Waals surface area contributed by atoms with Crippen molar-refractivity contribution in [2.75, 3.05) is 6.54 Å². The minimum Gasteiger partial charge on any atom is -0.387 e. The Bertz CT molecular complexity index is 317. The van der Waals surface area contributed by atoms with Crippen molar-refractivity contribution in [3.63, 3.8) is 0 Å². The van der Waals surface area contributed by atoms with Gasteiger partial charge in [0.05, 0.1) is 6.10 Å². The molecule has 0 amide bonds. The van der Waals surface area contributed by atoms with E-state index in [2.05, 4.69) is 15.9 Å². The van der Waals surface area contributed by atoms with Crippen molar-refractivity contribution < 1.29 is 9.50 Å². The molecular formula is C9H11BrFNO. The van der Waals surface area contributed by atoms with Gasteiger partial charge in [0.2, 0.25) is 0 Å². The lowest BCUT2D eigenvalue weighted by Crippen LogP contribution is -2.13. The maximum atomic E-state index is 13.2. The molecule has 4 heteroatoms. The third-order valence-electron chi connectivity index (χ3n) is 1.86. The summed E-state index contributed by atoms with van der Waals surface area (Å²) in [6.07, 6.45) is -0.933. The number of hydrogen-bond donors (Lipinski definition) is 2. The normalized spacial score (nSPS) is 13.0. The Balaban J connectivity index is 3.15. The smallest absolute Gasteiger partial charge is 0.129 e. The van der Waals surface area contributed by atoms with Crippen LogP contribution in [0.2, 0.25) is 0 Å². The summed E-state index contributed by atoms with van der Waals surface area (Å²) in [5.74, 6) is -0.418. The molecule has 0 heterocycles. The van der Waals surface area contributed by atoms with Crippen molar-refractivity contribution in [3.8, 4) is 0 Å². The molecule has 0 saturated carbocycles. The van der Waals surface area contributed by atoms with Crippen molar-refractivity contribution >= 4 is 15.9 Å². The van der Waals surface area contributed by atoms with Gasteiger partial charge in [0.15, 0.2) is 0 Å². The van der Waals surface area contributed by atoms with E-state index in [1.54, 1.807) is 13.0 Å². The summed E-state index contributed by atoms with van der Waals surface area (Å²) in [4.78, 5) is 0. The van der Waals surface area contributed by atoms with Crippen LogP contribution in [0.15, 0.2) is 16.6 Å². The molecule has 0 saturated heterocycles. The standard InChI is InChI=1S/C9H11BrFNO/c1-5-2-8(11)6(3-7(5)10)9(13)4-12/h2-3,9,13H,4,12H2,1H3. The first-order valence-electron chi connectivity index (χ1n) is 3.90. The van der Waals surface area contributed by atoms with Crippen molar-refractivity contribution in [3.05, 3.63) is 33.5 Å². The van der Waals surface area contributed by atoms with Crippen molar-refractivity contribution in [2.24, 2.45) is 5.73 Å². The SMILES string of the molecule is Cc1cc(F)c(C(O)CN)cc1Br. The number of hydrogen-bond acceptors (Lipinski definition) is 2. The second-order valence-corrected chi connectivity index (χ2v) is 3.73. The second kappa shape index (κ2) is 4.17. The van der Waals surface area contributed by atoms with Crippen LogP contribution in [0.3, 0.4) is 0 Å². The highest BCUT2D eigenvalue weighted by atomic mass is 79.9. The highest BCUT2D eigenvalue weighted by molar-refractivity contribution is 9.10.